The van der Waals surface area contributed by atoms with Gasteiger partial charge in [-0.3, -0.25) is 19.2 Å². The van der Waals surface area contributed by atoms with E-state index in [4.69, 9.17) is 47.0 Å². The number of methoxy groups -OCH3 is 1. The van der Waals surface area contributed by atoms with Crippen LogP contribution >= 0.6 is 0 Å². The lowest BCUT2D eigenvalue weighted by atomic mass is 9.31. The summed E-state index contributed by atoms with van der Waals surface area (Å²) in [5, 5.41) is 28.1. The molecule has 2 N–H and O–H groups in total. The van der Waals surface area contributed by atoms with E-state index >= 15 is 0 Å². The first-order valence-corrected chi connectivity index (χ1v) is 21.0. The summed E-state index contributed by atoms with van der Waals surface area (Å²) >= 11 is 0. The molecule has 4 aliphatic heterocycles. The first-order chi connectivity index (χ1) is 27.8. The van der Waals surface area contributed by atoms with Gasteiger partial charge in [-0.2, -0.15) is 0 Å². The predicted molar refractivity (Wildman–Crippen MR) is 198 cm³/mol. The molecule has 17 atom stereocenters. The SMILES string of the molecule is CC[C@H](C)C(=O)O[C@@H]1C[C@@]2(C)[C@H](c3ccoc3)OC(=O)C[C@]23O[C@@]2(C)O[C@@]34[C@H](OC(=O)C(C)C)[C@@]3(O)[C@@H](OC(=O)[C@@]5(C)O[C@@H]5C)[C@@]5(C)C[C@@]3(O)[C@@](C)([C@H]5CC(=O)OC)[C@@]14O2. The molecule has 0 unspecified atom stereocenters. The molecule has 8 fully saturated rings. The Hall–Kier alpha value is -3.61. The molecule has 2 spiro atoms. The number of hydrogen-bond donors (Lipinski definition) is 2. The third-order valence-electron chi connectivity index (χ3n) is 16.8. The van der Waals surface area contributed by atoms with Crippen LogP contribution in [0.5, 0.6) is 0 Å². The molecule has 0 aromatic carbocycles. The summed E-state index contributed by atoms with van der Waals surface area (Å²) in [5.74, 6) is -8.52. The molecule has 1 aromatic heterocycles. The average Bonchev–Trinajstić information content (AvgIpc) is 3.63. The fourth-order valence-electron chi connectivity index (χ4n) is 13.7. The minimum atomic E-state index is -2.80. The van der Waals surface area contributed by atoms with Gasteiger partial charge in [0.05, 0.1) is 44.0 Å². The standard InChI is InChI=1S/C43H56O17/c1-12-21(4)30(47)53-25-16-35(7)28(23-13-14-52-18-23)54-27(45)17-40(35)43-32(55-29(46)20(2)3)41(50)31(56-33(48)36(8)22(5)57-36)34(6)19-39(41,49)37(9,24(34)15-26(44)51-11)42(25,43)59-38(10,58-40)60-43/h13-14,18,20-22,24-25,28,31-32,49-50H,12,15-17,19H2,1-11H3/t21-,22+,24-,25+,28-,31-,32+,34-,35-,36-,37+,38+,39+,40-,41-,42-,43-/m0/s1. The van der Waals surface area contributed by atoms with Crippen LogP contribution in [0, 0.1) is 34.0 Å². The molecular formula is C43H56O17. The maximum atomic E-state index is 14.4. The van der Waals surface area contributed by atoms with E-state index in [2.05, 4.69) is 0 Å². The van der Waals surface area contributed by atoms with Crippen molar-refractivity contribution in [3.05, 3.63) is 24.2 Å². The fraction of sp³-hybridized carbons (Fsp3) is 0.791. The maximum absolute atomic E-state index is 14.4. The van der Waals surface area contributed by atoms with E-state index in [1.807, 2.05) is 6.92 Å². The van der Waals surface area contributed by atoms with Crippen molar-refractivity contribution in [2.75, 3.05) is 7.11 Å². The molecule has 4 saturated carbocycles. The Labute approximate surface area is 347 Å². The van der Waals surface area contributed by atoms with Crippen LogP contribution in [0.15, 0.2) is 23.0 Å². The van der Waals surface area contributed by atoms with Crippen molar-refractivity contribution >= 4 is 29.8 Å². The van der Waals surface area contributed by atoms with Crippen molar-refractivity contribution in [2.24, 2.45) is 34.0 Å². The summed E-state index contributed by atoms with van der Waals surface area (Å²) < 4.78 is 63.7. The average molecular weight is 845 g/mol. The van der Waals surface area contributed by atoms with E-state index in [1.54, 1.807) is 54.5 Å². The van der Waals surface area contributed by atoms with E-state index in [0.29, 0.717) is 12.0 Å². The van der Waals surface area contributed by atoms with Crippen LogP contribution in [0.1, 0.15) is 113 Å². The minimum Gasteiger partial charge on any atom is -0.472 e. The number of hydrogen-bond acceptors (Lipinski definition) is 17. The van der Waals surface area contributed by atoms with Gasteiger partial charge < -0.3 is 57.3 Å². The highest BCUT2D eigenvalue weighted by Gasteiger charge is 3.07. The third-order valence-corrected chi connectivity index (χ3v) is 16.8. The molecule has 9 rings (SSSR count). The van der Waals surface area contributed by atoms with Crippen LogP contribution in [-0.4, -0.2) is 111 Å². The van der Waals surface area contributed by atoms with Gasteiger partial charge in [0.25, 0.3) is 5.97 Å². The van der Waals surface area contributed by atoms with Gasteiger partial charge >= 0.3 is 29.8 Å². The number of esters is 5. The Morgan fingerprint density at radius 1 is 0.933 bits per heavy atom. The van der Waals surface area contributed by atoms with E-state index in [0.717, 1.165) is 0 Å². The Morgan fingerprint density at radius 2 is 1.60 bits per heavy atom. The zero-order valence-electron chi connectivity index (χ0n) is 35.9. The molecule has 17 nitrogen and oxygen atoms in total. The first kappa shape index (κ1) is 41.7. The van der Waals surface area contributed by atoms with Crippen LogP contribution in [-0.2, 0) is 66.6 Å². The summed E-state index contributed by atoms with van der Waals surface area (Å²) in [6.07, 6.45) is -5.20. The molecule has 0 amide bonds. The Kier molecular flexibility index (Phi) is 8.41. The first-order valence-electron chi connectivity index (χ1n) is 21.0. The number of furan rings is 1. The fourth-order valence-corrected chi connectivity index (χ4v) is 13.7. The lowest BCUT2D eigenvalue weighted by Crippen LogP contribution is -2.99. The summed E-state index contributed by atoms with van der Waals surface area (Å²) in [7, 11) is 1.21. The van der Waals surface area contributed by atoms with Gasteiger partial charge in [-0.05, 0) is 45.1 Å². The molecule has 4 aliphatic carbocycles. The maximum Gasteiger partial charge on any atom is 0.341 e. The zero-order chi connectivity index (χ0) is 43.8. The topological polar surface area (TPSA) is 225 Å². The summed E-state index contributed by atoms with van der Waals surface area (Å²) in [5.41, 5.74) is -17.8. The molecule has 60 heavy (non-hydrogen) atoms. The number of rotatable bonds is 10. The van der Waals surface area contributed by atoms with E-state index in [1.165, 1.54) is 33.5 Å². The van der Waals surface area contributed by atoms with Crippen LogP contribution in [0.2, 0.25) is 0 Å². The number of epoxide rings is 1. The van der Waals surface area contributed by atoms with E-state index < -0.39 is 147 Å². The van der Waals surface area contributed by atoms with Crippen LogP contribution < -0.4 is 0 Å². The van der Waals surface area contributed by atoms with Crippen molar-refractivity contribution in [1.82, 2.24) is 0 Å². The van der Waals surface area contributed by atoms with Gasteiger partial charge in [0.1, 0.15) is 29.5 Å². The van der Waals surface area contributed by atoms with Crippen LogP contribution in [0.25, 0.3) is 0 Å². The number of carbonyl (C=O) groups is 5. The lowest BCUT2D eigenvalue weighted by Gasteiger charge is -2.79. The van der Waals surface area contributed by atoms with Crippen LogP contribution in [0.3, 0.4) is 0 Å². The highest BCUT2D eigenvalue weighted by molar-refractivity contribution is 5.83. The normalized spacial score (nSPS) is 51.6. The molecule has 8 aliphatic rings. The summed E-state index contributed by atoms with van der Waals surface area (Å²) in [6, 6.07) is 1.62. The summed E-state index contributed by atoms with van der Waals surface area (Å²) in [6.45, 7) is 16.5. The molecule has 4 saturated heterocycles. The molecule has 330 valence electrons. The number of aliphatic hydroxyl groups is 2. The molecule has 4 bridgehead atoms. The molecule has 17 heteroatoms. The second-order valence-corrected chi connectivity index (χ2v) is 20.0. The lowest BCUT2D eigenvalue weighted by molar-refractivity contribution is -0.479. The van der Waals surface area contributed by atoms with E-state index in [-0.39, 0.29) is 12.8 Å². The van der Waals surface area contributed by atoms with E-state index in [9.17, 15) is 34.2 Å². The number of fused-ring (bicyclic) bond motifs is 2. The minimum absolute atomic E-state index is 0.151. The quantitative estimate of drug-likeness (QED) is 0.196. The second-order valence-electron chi connectivity index (χ2n) is 20.0. The van der Waals surface area contributed by atoms with Gasteiger partial charge in [-0.25, -0.2) is 4.79 Å². The van der Waals surface area contributed by atoms with Crippen molar-refractivity contribution < 1.29 is 81.2 Å². The highest BCUT2D eigenvalue weighted by atomic mass is 17.0. The van der Waals surface area contributed by atoms with Crippen molar-refractivity contribution in [2.45, 2.75) is 171 Å². The molecule has 5 heterocycles. The van der Waals surface area contributed by atoms with Gasteiger partial charge in [0, 0.05) is 35.2 Å². The summed E-state index contributed by atoms with van der Waals surface area (Å²) in [4.78, 5) is 71.1. The smallest absolute Gasteiger partial charge is 0.341 e. The Bertz CT molecular complexity index is 2070. The van der Waals surface area contributed by atoms with Crippen molar-refractivity contribution in [3.8, 4) is 0 Å². The number of carbonyl (C=O) groups excluding carboxylic acids is 5. The van der Waals surface area contributed by atoms with Gasteiger partial charge in [0.2, 0.25) is 0 Å². The number of ether oxygens (including phenoxy) is 9. The van der Waals surface area contributed by atoms with Crippen molar-refractivity contribution in [1.29, 1.82) is 0 Å². The van der Waals surface area contributed by atoms with Gasteiger partial charge in [-0.1, -0.05) is 48.5 Å². The monoisotopic (exact) mass is 844 g/mol. The molecular weight excluding hydrogens is 788 g/mol. The largest absolute Gasteiger partial charge is 0.472 e. The highest BCUT2D eigenvalue weighted by Crippen LogP contribution is 2.89. The predicted octanol–water partition coefficient (Wildman–Crippen LogP) is 3.34. The van der Waals surface area contributed by atoms with Gasteiger partial charge in [-0.15, -0.1) is 0 Å². The zero-order valence-corrected chi connectivity index (χ0v) is 35.9. The van der Waals surface area contributed by atoms with Crippen LogP contribution in [0.4, 0.5) is 0 Å². The Balaban J connectivity index is 1.41. The third kappa shape index (κ3) is 4.28. The van der Waals surface area contributed by atoms with Crippen molar-refractivity contribution in [3.63, 3.8) is 0 Å². The second kappa shape index (κ2) is 12.1. The number of cyclic esters (lactones) is 1. The molecule has 1 aromatic rings. The van der Waals surface area contributed by atoms with Gasteiger partial charge in [0.15, 0.2) is 28.5 Å². The Morgan fingerprint density at radius 3 is 2.18 bits per heavy atom. The molecule has 0 radical (unpaired) electrons.